The molecule has 0 unspecified atom stereocenters. The van der Waals surface area contributed by atoms with Crippen LogP contribution in [0.5, 0.6) is 0 Å². The van der Waals surface area contributed by atoms with Crippen molar-refractivity contribution in [1.29, 1.82) is 0 Å². The van der Waals surface area contributed by atoms with E-state index in [1.165, 1.54) is 7.05 Å². The fourth-order valence-corrected chi connectivity index (χ4v) is 3.56. The lowest BCUT2D eigenvalue weighted by Gasteiger charge is -2.35. The minimum absolute atomic E-state index is 0.152. The topological polar surface area (TPSA) is 89.3 Å². The molecule has 2 heterocycles. The van der Waals surface area contributed by atoms with Gasteiger partial charge in [0.25, 0.3) is 5.91 Å². The minimum atomic E-state index is -0.797. The molecular formula is C20H26N4O4. The summed E-state index contributed by atoms with van der Waals surface area (Å²) in [6.45, 7) is 9.67. The van der Waals surface area contributed by atoms with E-state index in [9.17, 15) is 14.4 Å². The third kappa shape index (κ3) is 3.47. The molecule has 0 aliphatic carbocycles. The molecule has 8 nitrogen and oxygen atoms in total. The van der Waals surface area contributed by atoms with Gasteiger partial charge < -0.3 is 9.64 Å². The summed E-state index contributed by atoms with van der Waals surface area (Å²) in [6, 6.07) is 9.05. The maximum atomic E-state index is 13.3. The van der Waals surface area contributed by atoms with Crippen LogP contribution < -0.4 is 11.4 Å². The number of carbonyl (C=O) groups excluding carboxylic acids is 1. The Kier molecular flexibility index (Phi) is 5.16. The van der Waals surface area contributed by atoms with Crippen LogP contribution in [0.25, 0.3) is 0 Å². The molecule has 1 aromatic heterocycles. The average molecular weight is 386 g/mol. The van der Waals surface area contributed by atoms with Crippen molar-refractivity contribution < 1.29 is 9.53 Å². The van der Waals surface area contributed by atoms with Gasteiger partial charge in [-0.15, -0.1) is 0 Å². The van der Waals surface area contributed by atoms with Crippen molar-refractivity contribution in [2.45, 2.75) is 45.0 Å². The third-order valence-electron chi connectivity index (χ3n) is 5.29. The summed E-state index contributed by atoms with van der Waals surface area (Å²) in [6.07, 6.45) is 0.653. The van der Waals surface area contributed by atoms with E-state index in [0.717, 1.165) is 14.8 Å². The SMILES string of the molecule is C=C(C(=O)N1[C@@H](Cc2ccccc2)COC1(C)C)[C@H](C)n1[nH]c(=O)n(C)c1=O. The number of benzene rings is 1. The van der Waals surface area contributed by atoms with Gasteiger partial charge in [-0.25, -0.2) is 23.9 Å². The normalized spacial score (nSPS) is 19.6. The van der Waals surface area contributed by atoms with Crippen LogP contribution in [0.15, 0.2) is 52.1 Å². The number of nitrogens with zero attached hydrogens (tertiary/aromatic N) is 3. The Morgan fingerprint density at radius 2 is 1.96 bits per heavy atom. The van der Waals surface area contributed by atoms with Crippen LogP contribution in [0.3, 0.4) is 0 Å². The highest BCUT2D eigenvalue weighted by molar-refractivity contribution is 5.94. The number of ether oxygens (including phenoxy) is 1. The van der Waals surface area contributed by atoms with Gasteiger partial charge in [0.05, 0.1) is 18.7 Å². The van der Waals surface area contributed by atoms with Crippen LogP contribution in [0.2, 0.25) is 0 Å². The molecule has 1 aliphatic rings. The van der Waals surface area contributed by atoms with Gasteiger partial charge in [0.15, 0.2) is 0 Å². The largest absolute Gasteiger partial charge is 0.354 e. The van der Waals surface area contributed by atoms with Crippen LogP contribution in [-0.4, -0.2) is 43.5 Å². The number of hydrogen-bond acceptors (Lipinski definition) is 4. The summed E-state index contributed by atoms with van der Waals surface area (Å²) in [4.78, 5) is 38.9. The Balaban J connectivity index is 1.86. The Bertz CT molecular complexity index is 999. The molecular weight excluding hydrogens is 360 g/mol. The Labute approximate surface area is 163 Å². The first-order valence-corrected chi connectivity index (χ1v) is 9.21. The van der Waals surface area contributed by atoms with E-state index in [-0.39, 0.29) is 17.5 Å². The molecule has 1 aromatic carbocycles. The predicted octanol–water partition coefficient (Wildman–Crippen LogP) is 1.20. The van der Waals surface area contributed by atoms with E-state index in [4.69, 9.17) is 4.74 Å². The maximum absolute atomic E-state index is 13.3. The molecule has 1 aliphatic heterocycles. The Morgan fingerprint density at radius 3 is 2.54 bits per heavy atom. The van der Waals surface area contributed by atoms with Crippen LogP contribution in [0.4, 0.5) is 0 Å². The summed E-state index contributed by atoms with van der Waals surface area (Å²) in [5.74, 6) is -0.299. The number of H-pyrrole nitrogens is 1. The van der Waals surface area contributed by atoms with Crippen LogP contribution >= 0.6 is 0 Å². The number of aromatic amines is 1. The fourth-order valence-electron chi connectivity index (χ4n) is 3.56. The van der Waals surface area contributed by atoms with E-state index >= 15 is 0 Å². The van der Waals surface area contributed by atoms with Gasteiger partial charge in [-0.05, 0) is 32.8 Å². The first kappa shape index (κ1) is 19.9. The molecule has 8 heteroatoms. The number of nitrogens with one attached hydrogen (secondary N) is 1. The van der Waals surface area contributed by atoms with E-state index in [0.29, 0.717) is 13.0 Å². The van der Waals surface area contributed by atoms with Gasteiger partial charge in [-0.3, -0.25) is 4.79 Å². The van der Waals surface area contributed by atoms with Crippen molar-refractivity contribution in [1.82, 2.24) is 19.2 Å². The molecule has 1 amide bonds. The molecule has 2 aromatic rings. The highest BCUT2D eigenvalue weighted by Gasteiger charge is 2.44. The summed E-state index contributed by atoms with van der Waals surface area (Å²) >= 11 is 0. The number of aromatic nitrogens is 3. The minimum Gasteiger partial charge on any atom is -0.354 e. The smallest absolute Gasteiger partial charge is 0.347 e. The second-order valence-electron chi connectivity index (χ2n) is 7.61. The van der Waals surface area contributed by atoms with E-state index in [1.807, 2.05) is 44.2 Å². The fraction of sp³-hybridized carbons (Fsp3) is 0.450. The lowest BCUT2D eigenvalue weighted by Crippen LogP contribution is -2.50. The number of amides is 1. The summed E-state index contributed by atoms with van der Waals surface area (Å²) in [7, 11) is 1.38. The molecule has 2 atom stereocenters. The van der Waals surface area contributed by atoms with Gasteiger partial charge in [-0.2, -0.15) is 0 Å². The maximum Gasteiger partial charge on any atom is 0.347 e. The van der Waals surface area contributed by atoms with Crippen molar-refractivity contribution in [3.63, 3.8) is 0 Å². The van der Waals surface area contributed by atoms with Gasteiger partial charge in [0.2, 0.25) is 0 Å². The Hall–Kier alpha value is -2.87. The molecule has 1 N–H and O–H groups in total. The standard InChI is InChI=1S/C20H26N4O4/c1-13(14(2)24-19(27)22(5)18(26)21-24)17(25)23-16(12-28-20(23,3)4)11-15-9-7-6-8-10-15/h6-10,14,16H,1,11-12H2,2-5H3,(H,21,26)/t14-,16-/m0/s1. The van der Waals surface area contributed by atoms with Crippen molar-refractivity contribution in [2.24, 2.45) is 7.05 Å². The van der Waals surface area contributed by atoms with Gasteiger partial charge >= 0.3 is 11.4 Å². The van der Waals surface area contributed by atoms with Crippen molar-refractivity contribution in [3.05, 3.63) is 69.0 Å². The van der Waals surface area contributed by atoms with Crippen molar-refractivity contribution >= 4 is 5.91 Å². The predicted molar refractivity (Wildman–Crippen MR) is 105 cm³/mol. The highest BCUT2D eigenvalue weighted by Crippen LogP contribution is 2.32. The molecule has 0 spiro atoms. The molecule has 3 rings (SSSR count). The molecule has 0 bridgehead atoms. The van der Waals surface area contributed by atoms with Crippen LogP contribution in [-0.2, 0) is 23.0 Å². The van der Waals surface area contributed by atoms with E-state index < -0.39 is 23.1 Å². The van der Waals surface area contributed by atoms with E-state index in [1.54, 1.807) is 11.8 Å². The number of hydrogen-bond donors (Lipinski definition) is 1. The quantitative estimate of drug-likeness (QED) is 0.782. The summed E-state index contributed by atoms with van der Waals surface area (Å²) < 4.78 is 7.95. The third-order valence-corrected chi connectivity index (χ3v) is 5.29. The molecule has 0 saturated carbocycles. The van der Waals surface area contributed by atoms with Gasteiger partial charge in [0.1, 0.15) is 5.72 Å². The Morgan fingerprint density at radius 1 is 1.32 bits per heavy atom. The van der Waals surface area contributed by atoms with E-state index in [2.05, 4.69) is 11.7 Å². The monoisotopic (exact) mass is 386 g/mol. The zero-order chi connectivity index (χ0) is 20.6. The van der Waals surface area contributed by atoms with Crippen molar-refractivity contribution in [2.75, 3.05) is 6.61 Å². The molecule has 1 fully saturated rings. The lowest BCUT2D eigenvalue weighted by molar-refractivity contribution is -0.142. The summed E-state index contributed by atoms with van der Waals surface area (Å²) in [5, 5.41) is 2.46. The molecule has 0 radical (unpaired) electrons. The molecule has 1 saturated heterocycles. The average Bonchev–Trinajstić information content (AvgIpc) is 3.10. The first-order valence-electron chi connectivity index (χ1n) is 9.21. The zero-order valence-corrected chi connectivity index (χ0v) is 16.6. The summed E-state index contributed by atoms with van der Waals surface area (Å²) in [5.41, 5.74) is -0.545. The van der Waals surface area contributed by atoms with Crippen LogP contribution in [0, 0.1) is 0 Å². The molecule has 28 heavy (non-hydrogen) atoms. The number of rotatable bonds is 5. The lowest BCUT2D eigenvalue weighted by atomic mass is 10.0. The second-order valence-corrected chi connectivity index (χ2v) is 7.61. The van der Waals surface area contributed by atoms with Gasteiger partial charge in [0, 0.05) is 12.6 Å². The van der Waals surface area contributed by atoms with Gasteiger partial charge in [-0.1, -0.05) is 36.9 Å². The zero-order valence-electron chi connectivity index (χ0n) is 16.6. The second kappa shape index (κ2) is 7.27. The first-order chi connectivity index (χ1) is 13.1. The number of carbonyl (C=O) groups is 1. The highest BCUT2D eigenvalue weighted by atomic mass is 16.5. The molecule has 150 valence electrons. The van der Waals surface area contributed by atoms with Crippen LogP contribution in [0.1, 0.15) is 32.4 Å². The van der Waals surface area contributed by atoms with Crippen molar-refractivity contribution in [3.8, 4) is 0 Å².